The average Bonchev–Trinajstić information content (AvgIpc) is 2.72. The van der Waals surface area contributed by atoms with E-state index in [2.05, 4.69) is 0 Å². The molecule has 0 aliphatic heterocycles. The van der Waals surface area contributed by atoms with Gasteiger partial charge in [-0.05, 0) is 43.2 Å². The molecule has 1 aliphatic rings. The van der Waals surface area contributed by atoms with Crippen molar-refractivity contribution >= 4 is 0 Å². The number of hydrogen-bond donors (Lipinski definition) is 1. The number of halogens is 4. The maximum atomic E-state index is 14.3. The molecule has 0 bridgehead atoms. The van der Waals surface area contributed by atoms with Crippen LogP contribution in [0.1, 0.15) is 48.3 Å². The van der Waals surface area contributed by atoms with Crippen molar-refractivity contribution in [2.75, 3.05) is 7.11 Å². The van der Waals surface area contributed by atoms with Crippen LogP contribution in [0.3, 0.4) is 0 Å². The van der Waals surface area contributed by atoms with E-state index in [-0.39, 0.29) is 35.5 Å². The standard InChI is InChI=1S/C21H22F4O3/c1-27-17-9-8-16(20(24)21(17)25)12-4-6-15(7-5-12)28-11-14-3-2-13(10-26)18(22)19(14)23/h2-3,8-9,12,15,26H,4-7,10-11H2,1H3. The van der Waals surface area contributed by atoms with E-state index in [1.165, 1.54) is 25.3 Å². The van der Waals surface area contributed by atoms with Gasteiger partial charge in [0.15, 0.2) is 23.2 Å². The number of rotatable bonds is 6. The van der Waals surface area contributed by atoms with Gasteiger partial charge >= 0.3 is 0 Å². The van der Waals surface area contributed by atoms with Crippen LogP contribution in [0.25, 0.3) is 0 Å². The molecule has 1 N–H and O–H groups in total. The SMILES string of the molecule is COc1ccc(C2CCC(OCc3ccc(CO)c(F)c3F)CC2)c(F)c1F. The zero-order valence-corrected chi connectivity index (χ0v) is 15.5. The van der Waals surface area contributed by atoms with E-state index in [1.807, 2.05) is 0 Å². The Bertz CT molecular complexity index is 833. The highest BCUT2D eigenvalue weighted by atomic mass is 19.2. The second kappa shape index (κ2) is 8.92. The highest BCUT2D eigenvalue weighted by Gasteiger charge is 2.27. The molecule has 28 heavy (non-hydrogen) atoms. The molecule has 0 spiro atoms. The summed E-state index contributed by atoms with van der Waals surface area (Å²) in [5, 5.41) is 8.96. The second-order valence-electron chi connectivity index (χ2n) is 6.94. The molecule has 3 nitrogen and oxygen atoms in total. The van der Waals surface area contributed by atoms with Crippen LogP contribution in [0.2, 0.25) is 0 Å². The number of aliphatic hydroxyl groups is 1. The lowest BCUT2D eigenvalue weighted by molar-refractivity contribution is 0.0116. The predicted molar refractivity (Wildman–Crippen MR) is 95.0 cm³/mol. The van der Waals surface area contributed by atoms with Gasteiger partial charge in [0.25, 0.3) is 0 Å². The fourth-order valence-corrected chi connectivity index (χ4v) is 3.63. The highest BCUT2D eigenvalue weighted by molar-refractivity contribution is 5.33. The van der Waals surface area contributed by atoms with E-state index in [4.69, 9.17) is 14.6 Å². The summed E-state index contributed by atoms with van der Waals surface area (Å²) in [6.07, 6.45) is 2.26. The molecule has 0 amide bonds. The molecule has 3 rings (SSSR count). The van der Waals surface area contributed by atoms with Crippen molar-refractivity contribution < 1.29 is 32.1 Å². The molecule has 0 aromatic heterocycles. The van der Waals surface area contributed by atoms with Crippen LogP contribution in [0, 0.1) is 23.3 Å². The minimum absolute atomic E-state index is 0.0834. The van der Waals surface area contributed by atoms with E-state index >= 15 is 0 Å². The van der Waals surface area contributed by atoms with Crippen molar-refractivity contribution in [3.05, 3.63) is 64.2 Å². The zero-order valence-electron chi connectivity index (χ0n) is 15.5. The van der Waals surface area contributed by atoms with Crippen LogP contribution in [-0.2, 0) is 18.0 Å². The number of aliphatic hydroxyl groups excluding tert-OH is 1. The van der Waals surface area contributed by atoms with Crippen molar-refractivity contribution in [2.24, 2.45) is 0 Å². The molecular formula is C21H22F4O3. The lowest BCUT2D eigenvalue weighted by Gasteiger charge is -2.29. The Morgan fingerprint density at radius 2 is 1.50 bits per heavy atom. The monoisotopic (exact) mass is 398 g/mol. The molecule has 1 fully saturated rings. The van der Waals surface area contributed by atoms with E-state index in [9.17, 15) is 17.6 Å². The Balaban J connectivity index is 1.58. The summed E-state index contributed by atoms with van der Waals surface area (Å²) in [5.74, 6) is -4.20. The number of benzene rings is 2. The Labute approximate surface area is 160 Å². The molecule has 0 radical (unpaired) electrons. The van der Waals surface area contributed by atoms with Crippen LogP contribution in [0.15, 0.2) is 24.3 Å². The Kier molecular flexibility index (Phi) is 6.57. The molecule has 152 valence electrons. The summed E-state index contributed by atoms with van der Waals surface area (Å²) in [7, 11) is 1.28. The van der Waals surface area contributed by atoms with Crippen LogP contribution >= 0.6 is 0 Å². The van der Waals surface area contributed by atoms with E-state index in [1.54, 1.807) is 6.07 Å². The van der Waals surface area contributed by atoms with Gasteiger partial charge in [0.05, 0.1) is 26.4 Å². The summed E-state index contributed by atoms with van der Waals surface area (Å²) < 4.78 is 66.4. The summed E-state index contributed by atoms with van der Waals surface area (Å²) in [5.41, 5.74) is 0.306. The van der Waals surface area contributed by atoms with Crippen LogP contribution < -0.4 is 4.74 Å². The lowest BCUT2D eigenvalue weighted by Crippen LogP contribution is -2.21. The molecule has 2 aromatic rings. The van der Waals surface area contributed by atoms with E-state index in [0.717, 1.165) is 0 Å². The number of ether oxygens (including phenoxy) is 2. The largest absolute Gasteiger partial charge is 0.494 e. The maximum Gasteiger partial charge on any atom is 0.200 e. The first kappa shape index (κ1) is 20.6. The molecule has 7 heteroatoms. The molecule has 2 aromatic carbocycles. The molecule has 0 atom stereocenters. The van der Waals surface area contributed by atoms with Crippen LogP contribution in [-0.4, -0.2) is 18.3 Å². The fourth-order valence-electron chi connectivity index (χ4n) is 3.63. The minimum Gasteiger partial charge on any atom is -0.494 e. The first-order valence-electron chi connectivity index (χ1n) is 9.16. The summed E-state index contributed by atoms with van der Waals surface area (Å²) in [6, 6.07) is 5.69. The van der Waals surface area contributed by atoms with Gasteiger partial charge in [-0.25, -0.2) is 13.2 Å². The summed E-state index contributed by atoms with van der Waals surface area (Å²) >= 11 is 0. The zero-order chi connectivity index (χ0) is 20.3. The van der Waals surface area contributed by atoms with Gasteiger partial charge in [0, 0.05) is 11.1 Å². The van der Waals surface area contributed by atoms with Gasteiger partial charge in [-0.3, -0.25) is 0 Å². The minimum atomic E-state index is -1.07. The second-order valence-corrected chi connectivity index (χ2v) is 6.94. The van der Waals surface area contributed by atoms with E-state index in [0.29, 0.717) is 31.2 Å². The molecule has 0 unspecified atom stereocenters. The number of methoxy groups -OCH3 is 1. The van der Waals surface area contributed by atoms with Crippen molar-refractivity contribution in [3.8, 4) is 5.75 Å². The smallest absolute Gasteiger partial charge is 0.200 e. The third-order valence-electron chi connectivity index (χ3n) is 5.30. The van der Waals surface area contributed by atoms with Crippen molar-refractivity contribution in [2.45, 2.75) is 50.9 Å². The predicted octanol–water partition coefficient (Wildman–Crippen LogP) is 4.99. The van der Waals surface area contributed by atoms with Gasteiger partial charge in [-0.1, -0.05) is 18.2 Å². The number of hydrogen-bond acceptors (Lipinski definition) is 3. The van der Waals surface area contributed by atoms with Gasteiger partial charge in [0.2, 0.25) is 5.82 Å². The van der Waals surface area contributed by atoms with Gasteiger partial charge in [0.1, 0.15) is 0 Å². The lowest BCUT2D eigenvalue weighted by atomic mass is 9.82. The molecule has 0 heterocycles. The van der Waals surface area contributed by atoms with Crippen molar-refractivity contribution in [1.29, 1.82) is 0 Å². The van der Waals surface area contributed by atoms with Gasteiger partial charge in [-0.2, -0.15) is 4.39 Å². The summed E-state index contributed by atoms with van der Waals surface area (Å²) in [4.78, 5) is 0. The third kappa shape index (κ3) is 4.15. The maximum absolute atomic E-state index is 14.3. The first-order chi connectivity index (χ1) is 13.5. The Morgan fingerprint density at radius 3 is 2.14 bits per heavy atom. The fraction of sp³-hybridized carbons (Fsp3) is 0.429. The van der Waals surface area contributed by atoms with Crippen LogP contribution in [0.4, 0.5) is 17.6 Å². The Hall–Kier alpha value is -2.12. The normalized spacial score (nSPS) is 19.6. The molecule has 0 saturated heterocycles. The highest BCUT2D eigenvalue weighted by Crippen LogP contribution is 2.37. The quantitative estimate of drug-likeness (QED) is 0.697. The van der Waals surface area contributed by atoms with E-state index < -0.39 is 29.9 Å². The third-order valence-corrected chi connectivity index (χ3v) is 5.30. The van der Waals surface area contributed by atoms with Gasteiger partial charge in [-0.15, -0.1) is 0 Å². The van der Waals surface area contributed by atoms with Crippen molar-refractivity contribution in [1.82, 2.24) is 0 Å². The first-order valence-corrected chi connectivity index (χ1v) is 9.16. The average molecular weight is 398 g/mol. The van der Waals surface area contributed by atoms with Crippen molar-refractivity contribution in [3.63, 3.8) is 0 Å². The molecule has 1 aliphatic carbocycles. The summed E-state index contributed by atoms with van der Waals surface area (Å²) in [6.45, 7) is -0.661. The van der Waals surface area contributed by atoms with Gasteiger partial charge < -0.3 is 14.6 Å². The molecular weight excluding hydrogens is 376 g/mol. The topological polar surface area (TPSA) is 38.7 Å². The Morgan fingerprint density at radius 1 is 0.857 bits per heavy atom. The molecule has 1 saturated carbocycles. The van der Waals surface area contributed by atoms with Crippen LogP contribution in [0.5, 0.6) is 5.75 Å².